The van der Waals surface area contributed by atoms with Crippen LogP contribution in [0.3, 0.4) is 0 Å². The molecule has 1 aliphatic carbocycles. The molecule has 0 bridgehead atoms. The number of pyridine rings is 1. The van der Waals surface area contributed by atoms with E-state index in [1.54, 1.807) is 12.3 Å². The predicted octanol–water partition coefficient (Wildman–Crippen LogP) is 5.95. The van der Waals surface area contributed by atoms with Crippen molar-refractivity contribution in [1.29, 1.82) is 0 Å². The van der Waals surface area contributed by atoms with Crippen molar-refractivity contribution < 1.29 is 40.3 Å². The fraction of sp³-hybridized carbons (Fsp3) is 0.0741. The summed E-state index contributed by atoms with van der Waals surface area (Å²) < 4.78 is 31.8. The average Bonchev–Trinajstić information content (AvgIpc) is 3.09. The van der Waals surface area contributed by atoms with Crippen LogP contribution < -0.4 is 0 Å². The first-order valence-corrected chi connectivity index (χ1v) is 9.55. The first kappa shape index (κ1) is 18.2. The van der Waals surface area contributed by atoms with E-state index in [0.717, 1.165) is 16.5 Å². The third kappa shape index (κ3) is 4.59. The van der Waals surface area contributed by atoms with E-state index in [-0.39, 0.29) is 67.2 Å². The van der Waals surface area contributed by atoms with Gasteiger partial charge in [-0.3, -0.25) is 9.59 Å². The van der Waals surface area contributed by atoms with Gasteiger partial charge in [-0.15, -0.1) is 35.8 Å². The second-order valence-corrected chi connectivity index (χ2v) is 7.05. The topological polar surface area (TPSA) is 67.3 Å². The number of rotatable bonds is 2. The fourth-order valence-corrected chi connectivity index (χ4v) is 3.55. The Hall–Kier alpha value is -3.40. The van der Waals surface area contributed by atoms with E-state index in [1.807, 2.05) is 36.4 Å². The molecule has 1 heterocycles. The molecule has 0 saturated heterocycles. The zero-order valence-corrected chi connectivity index (χ0v) is 19.6. The summed E-state index contributed by atoms with van der Waals surface area (Å²) >= 11 is 0. The first-order chi connectivity index (χ1) is 16.6. The number of aromatic nitrogens is 1. The number of hydrogen-bond acceptors (Lipinski definition) is 4. The summed E-state index contributed by atoms with van der Waals surface area (Å²) in [6.07, 6.45) is 2.74. The Morgan fingerprint density at radius 1 is 1.06 bits per heavy atom. The molecule has 0 saturated carbocycles. The zero-order chi connectivity index (χ0) is 25.4. The molecule has 161 valence electrons. The molecule has 1 aliphatic rings. The van der Waals surface area contributed by atoms with E-state index >= 15 is 0 Å². The van der Waals surface area contributed by atoms with Crippen LogP contribution in [0.4, 0.5) is 0 Å². The minimum absolute atomic E-state index is 0. The van der Waals surface area contributed by atoms with Crippen LogP contribution in [0.5, 0.6) is 0 Å². The average molecular weight is 603 g/mol. The van der Waals surface area contributed by atoms with Crippen LogP contribution in [0.1, 0.15) is 35.3 Å². The van der Waals surface area contributed by atoms with Crippen molar-refractivity contribution in [3.05, 3.63) is 102 Å². The molecule has 4 aromatic rings. The molecule has 0 spiro atoms. The second kappa shape index (κ2) is 9.82. The first-order valence-electron chi connectivity index (χ1n) is 11.5. The van der Waals surface area contributed by atoms with Gasteiger partial charge in [-0.05, 0) is 56.3 Å². The molecule has 0 unspecified atom stereocenters. The number of aliphatic hydroxyl groups is 1. The molecular weight excluding hydrogens is 579 g/mol. The minimum atomic E-state index is -0.325. The fourth-order valence-electron chi connectivity index (χ4n) is 3.55. The number of carbonyl (C=O) groups is 2. The van der Waals surface area contributed by atoms with Gasteiger partial charge in [-0.2, -0.15) is 0 Å². The van der Waals surface area contributed by atoms with Crippen LogP contribution in [0.15, 0.2) is 84.7 Å². The molecule has 0 fully saturated rings. The van der Waals surface area contributed by atoms with Crippen LogP contribution in [0.2, 0.25) is 0 Å². The van der Waals surface area contributed by atoms with Crippen molar-refractivity contribution >= 4 is 22.3 Å². The Morgan fingerprint density at radius 3 is 2.50 bits per heavy atom. The number of allylic oxidation sites excluding steroid dienone is 2. The van der Waals surface area contributed by atoms with Crippen molar-refractivity contribution in [1.82, 2.24) is 4.98 Å². The summed E-state index contributed by atoms with van der Waals surface area (Å²) in [6.45, 7) is 2.85. The van der Waals surface area contributed by atoms with Gasteiger partial charge in [-0.25, -0.2) is 0 Å². The number of carbonyl (C=O) groups excluding carboxylic acids is 2. The van der Waals surface area contributed by atoms with E-state index in [2.05, 4.69) is 11.1 Å². The van der Waals surface area contributed by atoms with Crippen molar-refractivity contribution in [2.75, 3.05) is 0 Å². The molecular formula is C27H20IrNO3-. The van der Waals surface area contributed by atoms with E-state index < -0.39 is 0 Å². The minimum Gasteiger partial charge on any atom is -0.512 e. The monoisotopic (exact) mass is 603 g/mol. The molecule has 32 heavy (non-hydrogen) atoms. The Balaban J connectivity index is 0.000000400. The van der Waals surface area contributed by atoms with Gasteiger partial charge in [0.1, 0.15) is 0 Å². The van der Waals surface area contributed by atoms with Crippen LogP contribution in [0.25, 0.3) is 33.2 Å². The zero-order valence-electron chi connectivity index (χ0n) is 21.2. The van der Waals surface area contributed by atoms with Crippen molar-refractivity contribution in [2.45, 2.75) is 13.8 Å². The third-order valence-electron chi connectivity index (χ3n) is 4.76. The van der Waals surface area contributed by atoms with E-state index in [1.165, 1.54) is 19.9 Å². The molecule has 5 rings (SSSR count). The van der Waals surface area contributed by atoms with Crippen LogP contribution >= 0.6 is 0 Å². The number of aliphatic hydroxyl groups excluding tert-OH is 1. The molecule has 1 N–H and O–H groups in total. The predicted molar refractivity (Wildman–Crippen MR) is 122 cm³/mol. The molecule has 4 nitrogen and oxygen atoms in total. The number of benzene rings is 3. The standard InChI is InChI=1S/C22H12NO.C5H8O2.Ir/c24-22-17-9-5-4-8-16(17)19-13-18-15(12-20(19)22)10-11-23-21(18)14-6-2-1-3-7-14;1-4(6)3-5(2)7;/h1-6,8-13H;3,6H,1-2H3;/q-1;;/b;4-3-;/i1D,2D,3D,6D;;. The van der Waals surface area contributed by atoms with Gasteiger partial charge in [0.2, 0.25) is 0 Å². The van der Waals surface area contributed by atoms with Crippen LogP contribution in [0, 0.1) is 6.07 Å². The summed E-state index contributed by atoms with van der Waals surface area (Å²) in [5, 5.41) is 9.86. The quantitative estimate of drug-likeness (QED) is 0.154. The Labute approximate surface area is 205 Å². The summed E-state index contributed by atoms with van der Waals surface area (Å²) in [5.41, 5.74) is 3.60. The Kier molecular flexibility index (Phi) is 5.58. The molecule has 3 aromatic carbocycles. The molecule has 0 atom stereocenters. The van der Waals surface area contributed by atoms with Gasteiger partial charge in [0, 0.05) is 46.2 Å². The molecule has 5 heteroatoms. The van der Waals surface area contributed by atoms with Crippen LogP contribution in [-0.2, 0) is 24.9 Å². The van der Waals surface area contributed by atoms with Gasteiger partial charge < -0.3 is 10.1 Å². The largest absolute Gasteiger partial charge is 0.512 e. The molecule has 1 radical (unpaired) electrons. The SMILES string of the molecule is CC(=O)/C=C(/C)O.[2H]c1[c-]c(-c2nccc3cc4c(cc23)-c2ccccc2C4=O)c([2H])c([2H])c1[2H].[Ir]. The summed E-state index contributed by atoms with van der Waals surface area (Å²) in [7, 11) is 0. The van der Waals surface area contributed by atoms with Crippen molar-refractivity contribution in [3.8, 4) is 22.4 Å². The number of fused-ring (bicyclic) bond motifs is 4. The Bertz CT molecular complexity index is 1560. The second-order valence-electron chi connectivity index (χ2n) is 7.05. The maximum absolute atomic E-state index is 12.7. The molecule has 0 amide bonds. The maximum Gasteiger partial charge on any atom is 0.194 e. The van der Waals surface area contributed by atoms with Gasteiger partial charge >= 0.3 is 0 Å². The Morgan fingerprint density at radius 2 is 1.81 bits per heavy atom. The van der Waals surface area contributed by atoms with E-state index in [4.69, 9.17) is 10.6 Å². The molecule has 1 aromatic heterocycles. The van der Waals surface area contributed by atoms with Gasteiger partial charge in [0.05, 0.1) is 5.76 Å². The third-order valence-corrected chi connectivity index (χ3v) is 4.76. The number of ketones is 2. The molecule has 0 aliphatic heterocycles. The summed E-state index contributed by atoms with van der Waals surface area (Å²) in [5.74, 6) is -0.0773. The van der Waals surface area contributed by atoms with Crippen molar-refractivity contribution in [2.24, 2.45) is 0 Å². The van der Waals surface area contributed by atoms with Gasteiger partial charge in [0.25, 0.3) is 0 Å². The van der Waals surface area contributed by atoms with Crippen molar-refractivity contribution in [3.63, 3.8) is 0 Å². The number of hydrogen-bond donors (Lipinski definition) is 1. The van der Waals surface area contributed by atoms with Gasteiger partial charge in [0.15, 0.2) is 11.6 Å². The maximum atomic E-state index is 12.7. The summed E-state index contributed by atoms with van der Waals surface area (Å²) in [4.78, 5) is 27.1. The smallest absolute Gasteiger partial charge is 0.194 e. The van der Waals surface area contributed by atoms with Crippen LogP contribution in [-0.4, -0.2) is 21.7 Å². The summed E-state index contributed by atoms with van der Waals surface area (Å²) in [6, 6.07) is 14.6. The van der Waals surface area contributed by atoms with Gasteiger partial charge in [-0.1, -0.05) is 30.3 Å². The van der Waals surface area contributed by atoms with E-state index in [0.29, 0.717) is 22.2 Å². The normalized spacial score (nSPS) is 13.4. The van der Waals surface area contributed by atoms with E-state index in [9.17, 15) is 9.59 Å². The number of nitrogens with zero attached hydrogens (tertiary/aromatic N) is 1.